The summed E-state index contributed by atoms with van der Waals surface area (Å²) in [6, 6.07) is 1.77. The first-order chi connectivity index (χ1) is 6.18. The van der Waals surface area contributed by atoms with Crippen LogP contribution in [0.4, 0.5) is 5.69 Å². The third-order valence-corrected chi connectivity index (χ3v) is 2.05. The molecule has 0 aliphatic heterocycles. The molecule has 2 N–H and O–H groups in total. The van der Waals surface area contributed by atoms with Gasteiger partial charge in [0.15, 0.2) is 0 Å². The maximum absolute atomic E-state index is 11.0. The van der Waals surface area contributed by atoms with Crippen LogP contribution in [0.3, 0.4) is 0 Å². The lowest BCUT2D eigenvalue weighted by molar-refractivity contribution is -0.138. The van der Waals surface area contributed by atoms with Gasteiger partial charge in [-0.1, -0.05) is 0 Å². The molecule has 0 saturated carbocycles. The second-order valence-corrected chi connectivity index (χ2v) is 3.23. The van der Waals surface area contributed by atoms with E-state index in [1.54, 1.807) is 11.4 Å². The maximum atomic E-state index is 11.0. The van der Waals surface area contributed by atoms with Gasteiger partial charge in [0.2, 0.25) is 5.91 Å². The molecule has 1 aromatic heterocycles. The second-order valence-electron chi connectivity index (χ2n) is 2.45. The third kappa shape index (κ3) is 3.71. The van der Waals surface area contributed by atoms with Crippen LogP contribution >= 0.6 is 11.3 Å². The Bertz CT molecular complexity index is 294. The van der Waals surface area contributed by atoms with Gasteiger partial charge in [-0.15, -0.1) is 0 Å². The Balaban J connectivity index is 2.30. The molecule has 1 amide bonds. The van der Waals surface area contributed by atoms with Crippen molar-refractivity contribution < 1.29 is 14.7 Å². The fourth-order valence-corrected chi connectivity index (χ4v) is 1.37. The van der Waals surface area contributed by atoms with Gasteiger partial charge in [0, 0.05) is 11.8 Å². The Kier molecular flexibility index (Phi) is 3.45. The average molecular weight is 199 g/mol. The van der Waals surface area contributed by atoms with Crippen LogP contribution in [0.1, 0.15) is 12.8 Å². The lowest BCUT2D eigenvalue weighted by atomic mass is 10.3. The Morgan fingerprint density at radius 3 is 2.77 bits per heavy atom. The predicted molar refractivity (Wildman–Crippen MR) is 49.8 cm³/mol. The molecule has 0 atom stereocenters. The zero-order valence-corrected chi connectivity index (χ0v) is 7.63. The van der Waals surface area contributed by atoms with Gasteiger partial charge in [-0.25, -0.2) is 0 Å². The van der Waals surface area contributed by atoms with Crippen molar-refractivity contribution in [3.8, 4) is 0 Å². The fourth-order valence-electron chi connectivity index (χ4n) is 0.780. The van der Waals surface area contributed by atoms with Crippen molar-refractivity contribution in [3.63, 3.8) is 0 Å². The molecule has 0 aliphatic carbocycles. The Morgan fingerprint density at radius 1 is 1.46 bits per heavy atom. The Hall–Kier alpha value is -1.36. The van der Waals surface area contributed by atoms with E-state index in [1.165, 1.54) is 11.3 Å². The van der Waals surface area contributed by atoms with Crippen molar-refractivity contribution in [2.75, 3.05) is 5.32 Å². The van der Waals surface area contributed by atoms with E-state index < -0.39 is 5.97 Å². The quantitative estimate of drug-likeness (QED) is 0.773. The normalized spacial score (nSPS) is 9.54. The minimum atomic E-state index is -0.958. The van der Waals surface area contributed by atoms with Gasteiger partial charge >= 0.3 is 5.97 Å². The molecule has 0 spiro atoms. The molecule has 0 aromatic carbocycles. The summed E-state index contributed by atoms with van der Waals surface area (Å²) in [5, 5.41) is 14.5. The standard InChI is InChI=1S/C8H9NO3S/c10-7(1-2-8(11)12)9-6-3-4-13-5-6/h3-5H,1-2H2,(H,9,10)(H,11,12). The molecule has 0 fully saturated rings. The van der Waals surface area contributed by atoms with E-state index in [-0.39, 0.29) is 18.7 Å². The van der Waals surface area contributed by atoms with E-state index >= 15 is 0 Å². The van der Waals surface area contributed by atoms with Crippen molar-refractivity contribution in [1.29, 1.82) is 0 Å². The van der Waals surface area contributed by atoms with Crippen molar-refractivity contribution >= 4 is 28.9 Å². The number of hydrogen-bond acceptors (Lipinski definition) is 3. The number of nitrogens with one attached hydrogen (secondary N) is 1. The first-order valence-electron chi connectivity index (χ1n) is 3.72. The van der Waals surface area contributed by atoms with Gasteiger partial charge in [0.25, 0.3) is 0 Å². The highest BCUT2D eigenvalue weighted by molar-refractivity contribution is 7.08. The van der Waals surface area contributed by atoms with E-state index in [2.05, 4.69) is 5.32 Å². The van der Waals surface area contributed by atoms with Crippen LogP contribution in [0.15, 0.2) is 16.8 Å². The number of aliphatic carboxylic acids is 1. The maximum Gasteiger partial charge on any atom is 0.303 e. The molecule has 1 aromatic rings. The van der Waals surface area contributed by atoms with Crippen LogP contribution in [0, 0.1) is 0 Å². The summed E-state index contributed by atoms with van der Waals surface area (Å²) in [6.07, 6.45) is -0.110. The molecule has 5 heteroatoms. The van der Waals surface area contributed by atoms with Gasteiger partial charge in [-0.3, -0.25) is 9.59 Å². The summed E-state index contributed by atoms with van der Waals surface area (Å²) in [5.41, 5.74) is 0.723. The Morgan fingerprint density at radius 2 is 2.23 bits per heavy atom. The van der Waals surface area contributed by atoms with Gasteiger partial charge in [-0.05, 0) is 11.4 Å². The van der Waals surface area contributed by atoms with Crippen LogP contribution in [-0.2, 0) is 9.59 Å². The Labute approximate surface area is 79.2 Å². The lowest BCUT2D eigenvalue weighted by Gasteiger charge is -1.99. The second kappa shape index (κ2) is 4.61. The van der Waals surface area contributed by atoms with E-state index in [4.69, 9.17) is 5.11 Å². The molecule has 0 bridgehead atoms. The molecular weight excluding hydrogens is 190 g/mol. The summed E-state index contributed by atoms with van der Waals surface area (Å²) in [4.78, 5) is 21.2. The number of thiophene rings is 1. The van der Waals surface area contributed by atoms with Crippen LogP contribution in [0.5, 0.6) is 0 Å². The van der Waals surface area contributed by atoms with Crippen LogP contribution in [0.2, 0.25) is 0 Å². The number of rotatable bonds is 4. The minimum absolute atomic E-state index is 0.0190. The molecule has 0 unspecified atom stereocenters. The lowest BCUT2D eigenvalue weighted by Crippen LogP contribution is -2.12. The molecule has 0 radical (unpaired) electrons. The summed E-state index contributed by atoms with van der Waals surface area (Å²) < 4.78 is 0. The molecule has 4 nitrogen and oxygen atoms in total. The van der Waals surface area contributed by atoms with Crippen LogP contribution in [-0.4, -0.2) is 17.0 Å². The summed E-state index contributed by atoms with van der Waals surface area (Å²) in [7, 11) is 0. The first-order valence-corrected chi connectivity index (χ1v) is 4.66. The smallest absolute Gasteiger partial charge is 0.303 e. The summed E-state index contributed by atoms with van der Waals surface area (Å²) in [5.74, 6) is -1.22. The SMILES string of the molecule is O=C(O)CCC(=O)Nc1ccsc1. The van der Waals surface area contributed by atoms with Crippen LogP contribution in [0.25, 0.3) is 0 Å². The average Bonchev–Trinajstić information content (AvgIpc) is 2.53. The van der Waals surface area contributed by atoms with Gasteiger partial charge in [-0.2, -0.15) is 11.3 Å². The molecule has 1 heterocycles. The number of carbonyl (C=O) groups excluding carboxylic acids is 1. The molecule has 1 rings (SSSR count). The highest BCUT2D eigenvalue weighted by Gasteiger charge is 2.05. The van der Waals surface area contributed by atoms with Gasteiger partial charge in [0.05, 0.1) is 12.1 Å². The number of anilines is 1. The van der Waals surface area contributed by atoms with Gasteiger partial charge < -0.3 is 10.4 Å². The van der Waals surface area contributed by atoms with E-state index in [1.807, 2.05) is 5.38 Å². The topological polar surface area (TPSA) is 66.4 Å². The van der Waals surface area contributed by atoms with Crippen molar-refractivity contribution in [1.82, 2.24) is 0 Å². The van der Waals surface area contributed by atoms with Crippen molar-refractivity contribution in [2.24, 2.45) is 0 Å². The van der Waals surface area contributed by atoms with Crippen molar-refractivity contribution in [2.45, 2.75) is 12.8 Å². The molecular formula is C8H9NO3S. The fraction of sp³-hybridized carbons (Fsp3) is 0.250. The molecule has 0 saturated heterocycles. The highest BCUT2D eigenvalue weighted by atomic mass is 32.1. The number of amides is 1. The molecule has 13 heavy (non-hydrogen) atoms. The minimum Gasteiger partial charge on any atom is -0.481 e. The van der Waals surface area contributed by atoms with Crippen LogP contribution < -0.4 is 5.32 Å². The summed E-state index contributed by atoms with van der Waals surface area (Å²) in [6.45, 7) is 0. The zero-order chi connectivity index (χ0) is 9.68. The van der Waals surface area contributed by atoms with E-state index in [0.717, 1.165) is 5.69 Å². The monoisotopic (exact) mass is 199 g/mol. The van der Waals surface area contributed by atoms with Gasteiger partial charge in [0.1, 0.15) is 0 Å². The zero-order valence-electron chi connectivity index (χ0n) is 6.82. The van der Waals surface area contributed by atoms with E-state index in [0.29, 0.717) is 0 Å². The first kappa shape index (κ1) is 9.73. The number of carboxylic acid groups (broad SMARTS) is 1. The number of carboxylic acids is 1. The largest absolute Gasteiger partial charge is 0.481 e. The number of hydrogen-bond donors (Lipinski definition) is 2. The highest BCUT2D eigenvalue weighted by Crippen LogP contribution is 2.11. The molecule has 70 valence electrons. The third-order valence-electron chi connectivity index (χ3n) is 1.37. The van der Waals surface area contributed by atoms with E-state index in [9.17, 15) is 9.59 Å². The predicted octanol–water partition coefficient (Wildman–Crippen LogP) is 1.55. The van der Waals surface area contributed by atoms with Crippen molar-refractivity contribution in [3.05, 3.63) is 16.8 Å². The number of carbonyl (C=O) groups is 2. The molecule has 0 aliphatic rings. The summed E-state index contributed by atoms with van der Waals surface area (Å²) >= 11 is 1.47.